The zero-order chi connectivity index (χ0) is 11.1. The van der Waals surface area contributed by atoms with E-state index in [2.05, 4.69) is 5.43 Å². The molecular weight excluding hydrogens is 184 g/mol. The van der Waals surface area contributed by atoms with Gasteiger partial charge in [0, 0.05) is 20.6 Å². The van der Waals surface area contributed by atoms with Crippen LogP contribution < -0.4 is 5.43 Å². The van der Waals surface area contributed by atoms with Gasteiger partial charge in [-0.1, -0.05) is 6.92 Å². The molecule has 0 aromatic carbocycles. The minimum absolute atomic E-state index is 0.0217. The number of rotatable bonds is 5. The van der Waals surface area contributed by atoms with Crippen molar-refractivity contribution in [2.24, 2.45) is 0 Å². The van der Waals surface area contributed by atoms with Crippen LogP contribution in [0.15, 0.2) is 0 Å². The first kappa shape index (κ1) is 12.9. The maximum absolute atomic E-state index is 11.3. The predicted molar refractivity (Wildman–Crippen MR) is 53.6 cm³/mol. The summed E-state index contributed by atoms with van der Waals surface area (Å²) in [6, 6.07) is 0. The van der Waals surface area contributed by atoms with Crippen molar-refractivity contribution in [2.75, 3.05) is 27.7 Å². The molecule has 0 aliphatic heterocycles. The topological polar surface area (TPSA) is 68.7 Å². The van der Waals surface area contributed by atoms with Gasteiger partial charge in [0.15, 0.2) is 0 Å². The minimum atomic E-state index is -0.248. The zero-order valence-corrected chi connectivity index (χ0v) is 9.13. The van der Waals surface area contributed by atoms with Crippen LogP contribution in [0.3, 0.4) is 0 Å². The third-order valence-electron chi connectivity index (χ3n) is 1.74. The molecule has 0 aromatic heterocycles. The average Bonchev–Trinajstić information content (AvgIpc) is 2.16. The first-order valence-corrected chi connectivity index (χ1v) is 4.38. The number of carbonyl (C=O) groups excluding carboxylic acids is 1. The van der Waals surface area contributed by atoms with E-state index >= 15 is 0 Å². The molecule has 1 amide bonds. The lowest BCUT2D eigenvalue weighted by Crippen LogP contribution is -2.41. The average molecular weight is 202 g/mol. The molecule has 0 radical (unpaired) electrons. The van der Waals surface area contributed by atoms with Gasteiger partial charge in [-0.25, -0.2) is 10.5 Å². The van der Waals surface area contributed by atoms with Gasteiger partial charge in [-0.15, -0.1) is 0 Å². The van der Waals surface area contributed by atoms with Gasteiger partial charge in [-0.05, 0) is 0 Å². The van der Waals surface area contributed by atoms with Crippen molar-refractivity contribution in [3.05, 3.63) is 0 Å². The Hall–Kier alpha value is -1.14. The summed E-state index contributed by atoms with van der Waals surface area (Å²) in [6.07, 6.45) is 0.0217. The highest BCUT2D eigenvalue weighted by atomic mass is 16.7. The second-order valence-corrected chi connectivity index (χ2v) is 2.77. The van der Waals surface area contributed by atoms with Gasteiger partial charge in [0.25, 0.3) is 5.91 Å². The van der Waals surface area contributed by atoms with E-state index < -0.39 is 0 Å². The summed E-state index contributed by atoms with van der Waals surface area (Å²) in [5.41, 5.74) is 2.90. The Bertz CT molecular complexity index is 208. The summed E-state index contributed by atoms with van der Waals surface area (Å²) in [5.74, 6) is -0.0389. The molecule has 0 saturated heterocycles. The van der Waals surface area contributed by atoms with Crippen LogP contribution in [0.25, 0.3) is 0 Å². The van der Waals surface area contributed by atoms with Gasteiger partial charge >= 0.3 is 0 Å². The standard InChI is InChI=1S/C8H18N4O2/c1-5-10-11(2)7(9)6-8(13)12(3)14-4/h9-10H,5-6H2,1-4H3. The lowest BCUT2D eigenvalue weighted by molar-refractivity contribution is -0.167. The highest BCUT2D eigenvalue weighted by Crippen LogP contribution is 1.94. The Morgan fingerprint density at radius 1 is 1.50 bits per heavy atom. The quantitative estimate of drug-likeness (QED) is 0.369. The third-order valence-corrected chi connectivity index (χ3v) is 1.74. The van der Waals surface area contributed by atoms with Crippen LogP contribution in [0, 0.1) is 5.41 Å². The van der Waals surface area contributed by atoms with Gasteiger partial charge < -0.3 is 0 Å². The summed E-state index contributed by atoms with van der Waals surface area (Å²) in [6.45, 7) is 2.64. The van der Waals surface area contributed by atoms with Gasteiger partial charge in [0.2, 0.25) is 0 Å². The van der Waals surface area contributed by atoms with E-state index in [1.54, 1.807) is 7.05 Å². The molecule has 0 spiro atoms. The van der Waals surface area contributed by atoms with Crippen molar-refractivity contribution < 1.29 is 9.63 Å². The van der Waals surface area contributed by atoms with E-state index in [1.807, 2.05) is 6.92 Å². The number of hydrazine groups is 1. The Morgan fingerprint density at radius 3 is 2.50 bits per heavy atom. The van der Waals surface area contributed by atoms with Crippen molar-refractivity contribution in [1.82, 2.24) is 15.5 Å². The fraction of sp³-hybridized carbons (Fsp3) is 0.750. The number of amidine groups is 1. The largest absolute Gasteiger partial charge is 0.299 e. The normalized spacial score (nSPS) is 9.71. The van der Waals surface area contributed by atoms with Crippen LogP contribution >= 0.6 is 0 Å². The van der Waals surface area contributed by atoms with Gasteiger partial charge in [-0.3, -0.25) is 20.1 Å². The highest BCUT2D eigenvalue weighted by Gasteiger charge is 2.13. The van der Waals surface area contributed by atoms with Crippen LogP contribution in [0.1, 0.15) is 13.3 Å². The lowest BCUT2D eigenvalue weighted by Gasteiger charge is -2.21. The molecule has 0 heterocycles. The van der Waals surface area contributed by atoms with Gasteiger partial charge in [0.05, 0.1) is 13.5 Å². The molecule has 6 heteroatoms. The monoisotopic (exact) mass is 202 g/mol. The maximum atomic E-state index is 11.3. The SMILES string of the molecule is CCNN(C)C(=N)CC(=O)N(C)OC. The molecule has 2 N–H and O–H groups in total. The van der Waals surface area contributed by atoms with Crippen molar-refractivity contribution in [1.29, 1.82) is 5.41 Å². The van der Waals surface area contributed by atoms with Crippen LogP contribution in [-0.2, 0) is 9.63 Å². The molecule has 0 aliphatic carbocycles. The number of hydroxylamine groups is 2. The first-order valence-electron chi connectivity index (χ1n) is 4.38. The van der Waals surface area contributed by atoms with Gasteiger partial charge in [-0.2, -0.15) is 0 Å². The van der Waals surface area contributed by atoms with E-state index in [0.717, 1.165) is 5.06 Å². The molecule has 0 atom stereocenters. The Labute approximate surface area is 84.2 Å². The Balaban J connectivity index is 3.99. The van der Waals surface area contributed by atoms with Crippen LogP contribution in [-0.4, -0.2) is 49.6 Å². The molecule has 82 valence electrons. The summed E-state index contributed by atoms with van der Waals surface area (Å²) < 4.78 is 0. The molecular formula is C8H18N4O2. The van der Waals surface area contributed by atoms with E-state index in [1.165, 1.54) is 19.2 Å². The first-order chi connectivity index (χ1) is 6.52. The van der Waals surface area contributed by atoms with E-state index in [4.69, 9.17) is 10.2 Å². The van der Waals surface area contributed by atoms with E-state index in [-0.39, 0.29) is 18.2 Å². The van der Waals surface area contributed by atoms with Crippen molar-refractivity contribution >= 4 is 11.7 Å². The Morgan fingerprint density at radius 2 is 2.07 bits per heavy atom. The maximum Gasteiger partial charge on any atom is 0.253 e. The second-order valence-electron chi connectivity index (χ2n) is 2.77. The zero-order valence-electron chi connectivity index (χ0n) is 9.13. The van der Waals surface area contributed by atoms with Crippen molar-refractivity contribution in [3.8, 4) is 0 Å². The molecule has 0 aromatic rings. The van der Waals surface area contributed by atoms with Crippen LogP contribution in [0.5, 0.6) is 0 Å². The molecule has 0 saturated carbocycles. The molecule has 0 rings (SSSR count). The number of amides is 1. The number of hydrogen-bond donors (Lipinski definition) is 2. The summed E-state index contributed by atoms with van der Waals surface area (Å²) in [4.78, 5) is 16.0. The number of nitrogens with zero attached hydrogens (tertiary/aromatic N) is 2. The number of hydrogen-bond acceptors (Lipinski definition) is 4. The van der Waals surface area contributed by atoms with Crippen LogP contribution in [0.4, 0.5) is 0 Å². The molecule has 14 heavy (non-hydrogen) atoms. The third kappa shape index (κ3) is 4.20. The van der Waals surface area contributed by atoms with E-state index in [0.29, 0.717) is 6.54 Å². The summed E-state index contributed by atoms with van der Waals surface area (Å²) in [7, 11) is 4.63. The molecule has 0 unspecified atom stereocenters. The highest BCUT2D eigenvalue weighted by molar-refractivity contribution is 5.97. The molecule has 0 fully saturated rings. The fourth-order valence-corrected chi connectivity index (χ4v) is 0.808. The van der Waals surface area contributed by atoms with E-state index in [9.17, 15) is 4.79 Å². The summed E-state index contributed by atoms with van der Waals surface area (Å²) >= 11 is 0. The van der Waals surface area contributed by atoms with Crippen molar-refractivity contribution in [3.63, 3.8) is 0 Å². The van der Waals surface area contributed by atoms with Crippen LogP contribution in [0.2, 0.25) is 0 Å². The minimum Gasteiger partial charge on any atom is -0.299 e. The summed E-state index contributed by atoms with van der Waals surface area (Å²) in [5, 5.41) is 10.2. The molecule has 6 nitrogen and oxygen atoms in total. The number of nitrogens with one attached hydrogen (secondary N) is 2. The molecule has 0 aliphatic rings. The Kier molecular flexibility index (Phi) is 5.82. The predicted octanol–water partition coefficient (Wildman–Crippen LogP) is -0.170. The number of carbonyl (C=O) groups is 1. The van der Waals surface area contributed by atoms with Gasteiger partial charge in [0.1, 0.15) is 5.84 Å². The second kappa shape index (κ2) is 6.33. The fourth-order valence-electron chi connectivity index (χ4n) is 0.808. The lowest BCUT2D eigenvalue weighted by atomic mass is 10.3. The smallest absolute Gasteiger partial charge is 0.253 e. The van der Waals surface area contributed by atoms with Crippen molar-refractivity contribution in [2.45, 2.75) is 13.3 Å². The molecule has 0 bridgehead atoms.